The Labute approximate surface area is 117 Å². The number of carbonyl (C=O) groups is 1. The van der Waals surface area contributed by atoms with Crippen LogP contribution in [0.1, 0.15) is 12.8 Å². The summed E-state index contributed by atoms with van der Waals surface area (Å²) in [4.78, 5) is 19.6. The Morgan fingerprint density at radius 3 is 2.79 bits per heavy atom. The number of carbonyl (C=O) groups excluding carboxylic acids is 1. The second kappa shape index (κ2) is 4.86. The molecule has 19 heavy (non-hydrogen) atoms. The van der Waals surface area contributed by atoms with Crippen LogP contribution in [0, 0.1) is 11.0 Å². The van der Waals surface area contributed by atoms with Crippen molar-refractivity contribution in [2.24, 2.45) is 5.92 Å². The summed E-state index contributed by atoms with van der Waals surface area (Å²) in [7, 11) is 0. The molecule has 0 aliphatic heterocycles. The van der Waals surface area contributed by atoms with E-state index in [-0.39, 0.29) is 17.0 Å². The number of hydrogen-bond acceptors (Lipinski definition) is 4. The van der Waals surface area contributed by atoms with Gasteiger partial charge in [-0.3, -0.25) is 4.79 Å². The molecule has 0 spiro atoms. The first-order valence-corrected chi connectivity index (χ1v) is 6.91. The number of hydrogen-bond donors (Lipinski definition) is 1. The van der Waals surface area contributed by atoms with Gasteiger partial charge in [0.15, 0.2) is 5.13 Å². The Hall–Kier alpha value is -1.53. The lowest BCUT2D eigenvalue weighted by atomic mass is 10.3. The highest BCUT2D eigenvalue weighted by Crippen LogP contribution is 2.33. The van der Waals surface area contributed by atoms with E-state index in [4.69, 9.17) is 11.6 Å². The Bertz CT molecular complexity index is 642. The maximum Gasteiger partial charge on any atom is 0.228 e. The number of rotatable bonds is 3. The van der Waals surface area contributed by atoms with Crippen LogP contribution < -0.4 is 5.32 Å². The first-order chi connectivity index (χ1) is 9.13. The van der Waals surface area contributed by atoms with Crippen molar-refractivity contribution in [3.05, 3.63) is 28.6 Å². The fraction of sp³-hybridized carbons (Fsp3) is 0.250. The third kappa shape index (κ3) is 2.74. The summed E-state index contributed by atoms with van der Waals surface area (Å²) in [5.41, 5.74) is 0.556. The van der Waals surface area contributed by atoms with Crippen molar-refractivity contribution in [2.75, 3.05) is 5.32 Å². The zero-order valence-corrected chi connectivity index (χ0v) is 11.3. The predicted octanol–water partition coefficient (Wildman–Crippen LogP) is 3.35. The number of halogens is 2. The van der Waals surface area contributed by atoms with Crippen LogP contribution in [0.4, 0.5) is 10.2 Å². The van der Waals surface area contributed by atoms with Gasteiger partial charge in [-0.15, -0.1) is 0 Å². The van der Waals surface area contributed by atoms with E-state index in [2.05, 4.69) is 15.3 Å². The third-order valence-corrected chi connectivity index (χ3v) is 3.89. The van der Waals surface area contributed by atoms with Crippen molar-refractivity contribution in [3.8, 4) is 10.6 Å². The Morgan fingerprint density at radius 2 is 2.21 bits per heavy atom. The zero-order valence-electron chi connectivity index (χ0n) is 9.69. The van der Waals surface area contributed by atoms with Crippen LogP contribution in [-0.2, 0) is 4.79 Å². The molecule has 1 aliphatic rings. The molecular weight excluding hydrogens is 289 g/mol. The molecule has 1 aliphatic carbocycles. The first-order valence-electron chi connectivity index (χ1n) is 5.71. The SMILES string of the molecule is O=C(Nc1cc(Cl)c(-c2ncc(F)s2)cn1)C1CC1. The van der Waals surface area contributed by atoms with Crippen molar-refractivity contribution in [3.63, 3.8) is 0 Å². The van der Waals surface area contributed by atoms with E-state index >= 15 is 0 Å². The van der Waals surface area contributed by atoms with E-state index in [1.54, 1.807) is 6.07 Å². The van der Waals surface area contributed by atoms with E-state index in [1.807, 2.05) is 0 Å². The molecule has 0 aromatic carbocycles. The third-order valence-electron chi connectivity index (χ3n) is 2.76. The molecule has 2 heterocycles. The van der Waals surface area contributed by atoms with Crippen molar-refractivity contribution >= 4 is 34.7 Å². The van der Waals surface area contributed by atoms with Gasteiger partial charge in [0.1, 0.15) is 10.8 Å². The smallest absolute Gasteiger partial charge is 0.228 e. The molecule has 3 rings (SSSR count). The molecule has 98 valence electrons. The summed E-state index contributed by atoms with van der Waals surface area (Å²) >= 11 is 7.00. The van der Waals surface area contributed by atoms with Gasteiger partial charge in [0.05, 0.1) is 11.2 Å². The number of nitrogens with zero attached hydrogens (tertiary/aromatic N) is 2. The summed E-state index contributed by atoms with van der Waals surface area (Å²) < 4.78 is 12.9. The van der Waals surface area contributed by atoms with Gasteiger partial charge in [-0.25, -0.2) is 9.97 Å². The second-order valence-corrected chi connectivity index (χ2v) is 5.67. The van der Waals surface area contributed by atoms with Gasteiger partial charge in [-0.2, -0.15) is 4.39 Å². The maximum absolute atomic E-state index is 12.9. The van der Waals surface area contributed by atoms with Crippen molar-refractivity contribution in [1.82, 2.24) is 9.97 Å². The molecule has 2 aromatic heterocycles. The Balaban J connectivity index is 1.83. The molecule has 1 fully saturated rings. The van der Waals surface area contributed by atoms with Gasteiger partial charge in [0, 0.05) is 23.7 Å². The van der Waals surface area contributed by atoms with E-state index < -0.39 is 0 Å². The number of nitrogens with one attached hydrogen (secondary N) is 1. The lowest BCUT2D eigenvalue weighted by Crippen LogP contribution is -2.14. The van der Waals surface area contributed by atoms with Gasteiger partial charge in [0.2, 0.25) is 5.91 Å². The van der Waals surface area contributed by atoms with Crippen LogP contribution in [0.15, 0.2) is 18.5 Å². The van der Waals surface area contributed by atoms with Crippen LogP contribution in [-0.4, -0.2) is 15.9 Å². The van der Waals surface area contributed by atoms with Crippen LogP contribution >= 0.6 is 22.9 Å². The number of anilines is 1. The molecule has 0 atom stereocenters. The van der Waals surface area contributed by atoms with E-state index in [0.29, 0.717) is 21.4 Å². The summed E-state index contributed by atoms with van der Waals surface area (Å²) in [6.07, 6.45) is 4.48. The van der Waals surface area contributed by atoms with Crippen LogP contribution in [0.3, 0.4) is 0 Å². The summed E-state index contributed by atoms with van der Waals surface area (Å²) in [5.74, 6) is 0.479. The van der Waals surface area contributed by atoms with Crippen molar-refractivity contribution in [1.29, 1.82) is 0 Å². The summed E-state index contributed by atoms with van der Waals surface area (Å²) in [6, 6.07) is 1.55. The quantitative estimate of drug-likeness (QED) is 0.945. The van der Waals surface area contributed by atoms with Gasteiger partial charge in [-0.05, 0) is 12.8 Å². The standard InChI is InChI=1S/C12H9ClFN3OS/c13-8-3-10(17-11(18)6-1-2-6)15-4-7(8)12-16-5-9(14)19-12/h3-6H,1-2H2,(H,15,17,18). The lowest BCUT2D eigenvalue weighted by Gasteiger charge is -2.05. The number of thiazole rings is 1. The van der Waals surface area contributed by atoms with Gasteiger partial charge < -0.3 is 5.32 Å². The Morgan fingerprint density at radius 1 is 1.42 bits per heavy atom. The van der Waals surface area contributed by atoms with Gasteiger partial charge in [0.25, 0.3) is 0 Å². The summed E-state index contributed by atoms with van der Waals surface area (Å²) in [6.45, 7) is 0. The molecule has 0 unspecified atom stereocenters. The largest absolute Gasteiger partial charge is 0.310 e. The molecule has 0 bridgehead atoms. The lowest BCUT2D eigenvalue weighted by molar-refractivity contribution is -0.117. The van der Waals surface area contributed by atoms with Gasteiger partial charge >= 0.3 is 0 Å². The molecular formula is C12H9ClFN3OS. The molecule has 1 saturated carbocycles. The van der Waals surface area contributed by atoms with Crippen molar-refractivity contribution < 1.29 is 9.18 Å². The monoisotopic (exact) mass is 297 g/mol. The van der Waals surface area contributed by atoms with E-state index in [1.165, 1.54) is 6.20 Å². The highest BCUT2D eigenvalue weighted by atomic mass is 35.5. The molecule has 1 N–H and O–H groups in total. The zero-order chi connectivity index (χ0) is 13.4. The van der Waals surface area contributed by atoms with Crippen LogP contribution in [0.5, 0.6) is 0 Å². The molecule has 0 saturated heterocycles. The fourth-order valence-electron chi connectivity index (χ4n) is 1.61. The molecule has 7 heteroatoms. The minimum atomic E-state index is -0.378. The van der Waals surface area contributed by atoms with E-state index in [0.717, 1.165) is 30.4 Å². The second-order valence-electron chi connectivity index (χ2n) is 4.28. The first kappa shape index (κ1) is 12.5. The average Bonchev–Trinajstić information content (AvgIpc) is 3.13. The van der Waals surface area contributed by atoms with Gasteiger partial charge in [-0.1, -0.05) is 22.9 Å². The normalized spacial score (nSPS) is 14.4. The minimum absolute atomic E-state index is 0.0309. The number of aromatic nitrogens is 2. The summed E-state index contributed by atoms with van der Waals surface area (Å²) in [5, 5.41) is 3.18. The average molecular weight is 298 g/mol. The van der Waals surface area contributed by atoms with Crippen LogP contribution in [0.25, 0.3) is 10.6 Å². The maximum atomic E-state index is 12.9. The van der Waals surface area contributed by atoms with E-state index in [9.17, 15) is 9.18 Å². The molecule has 1 amide bonds. The minimum Gasteiger partial charge on any atom is -0.310 e. The number of amides is 1. The molecule has 2 aromatic rings. The fourth-order valence-corrected chi connectivity index (χ4v) is 2.58. The molecule has 4 nitrogen and oxygen atoms in total. The van der Waals surface area contributed by atoms with Crippen LogP contribution in [0.2, 0.25) is 5.02 Å². The molecule has 0 radical (unpaired) electrons. The highest BCUT2D eigenvalue weighted by Gasteiger charge is 2.29. The van der Waals surface area contributed by atoms with Crippen molar-refractivity contribution in [2.45, 2.75) is 12.8 Å². The Kier molecular flexibility index (Phi) is 3.20. The number of pyridine rings is 1. The predicted molar refractivity (Wildman–Crippen MR) is 71.7 cm³/mol. The topological polar surface area (TPSA) is 54.9 Å². The highest BCUT2D eigenvalue weighted by molar-refractivity contribution is 7.13.